The van der Waals surface area contributed by atoms with E-state index in [1.165, 1.54) is 0 Å². The summed E-state index contributed by atoms with van der Waals surface area (Å²) in [5.74, 6) is 1.73. The maximum atomic E-state index is 5.34. The zero-order valence-electron chi connectivity index (χ0n) is 13.4. The lowest BCUT2D eigenvalue weighted by Crippen LogP contribution is -2.03. The molecule has 2 heterocycles. The number of ether oxygens (including phenoxy) is 1. The predicted octanol–water partition coefficient (Wildman–Crippen LogP) is 4.16. The van der Waals surface area contributed by atoms with E-state index in [2.05, 4.69) is 27.8 Å². The lowest BCUT2D eigenvalue weighted by Gasteiger charge is -2.10. The quantitative estimate of drug-likeness (QED) is 0.568. The van der Waals surface area contributed by atoms with Crippen molar-refractivity contribution in [1.29, 1.82) is 0 Å². The van der Waals surface area contributed by atoms with Gasteiger partial charge in [0, 0.05) is 12.7 Å². The summed E-state index contributed by atoms with van der Waals surface area (Å²) >= 11 is 0. The van der Waals surface area contributed by atoms with Crippen LogP contribution < -0.4 is 4.74 Å². The Morgan fingerprint density at radius 3 is 2.67 bits per heavy atom. The second-order valence-electron chi connectivity index (χ2n) is 5.58. The van der Waals surface area contributed by atoms with Gasteiger partial charge in [-0.1, -0.05) is 30.3 Å². The summed E-state index contributed by atoms with van der Waals surface area (Å²) in [5.41, 5.74) is 4.10. The monoisotopic (exact) mass is 315 g/mol. The number of pyridine rings is 1. The van der Waals surface area contributed by atoms with Crippen molar-refractivity contribution in [3.63, 3.8) is 0 Å². The molecular formula is C20H17N3O. The number of benzene rings is 2. The van der Waals surface area contributed by atoms with E-state index in [-0.39, 0.29) is 0 Å². The smallest absolute Gasteiger partial charge is 0.160 e. The summed E-state index contributed by atoms with van der Waals surface area (Å²) in [6.45, 7) is 0.712. The van der Waals surface area contributed by atoms with E-state index in [4.69, 9.17) is 9.72 Å². The number of nitrogens with zero attached hydrogens (tertiary/aromatic N) is 3. The number of rotatable bonds is 4. The second kappa shape index (κ2) is 6.16. The van der Waals surface area contributed by atoms with Crippen LogP contribution in [0.2, 0.25) is 0 Å². The van der Waals surface area contributed by atoms with Crippen LogP contribution in [-0.4, -0.2) is 21.6 Å². The Hall–Kier alpha value is -3.14. The van der Waals surface area contributed by atoms with Gasteiger partial charge in [0.05, 0.1) is 18.1 Å². The third-order valence-corrected chi connectivity index (χ3v) is 4.02. The molecule has 2 aromatic heterocycles. The predicted molar refractivity (Wildman–Crippen MR) is 95.1 cm³/mol. The molecule has 0 saturated carbocycles. The Morgan fingerprint density at radius 1 is 0.958 bits per heavy atom. The lowest BCUT2D eigenvalue weighted by molar-refractivity contribution is 0.414. The molecule has 0 atom stereocenters. The molecule has 0 aliphatic carbocycles. The average Bonchev–Trinajstić information content (AvgIpc) is 3.01. The third kappa shape index (κ3) is 2.63. The van der Waals surface area contributed by atoms with Crippen molar-refractivity contribution in [2.24, 2.45) is 0 Å². The van der Waals surface area contributed by atoms with Crippen LogP contribution in [0.25, 0.3) is 22.6 Å². The van der Waals surface area contributed by atoms with E-state index in [0.29, 0.717) is 6.54 Å². The minimum absolute atomic E-state index is 0.712. The fourth-order valence-electron chi connectivity index (χ4n) is 2.88. The number of imidazole rings is 1. The van der Waals surface area contributed by atoms with Gasteiger partial charge >= 0.3 is 0 Å². The molecule has 0 radical (unpaired) electrons. The van der Waals surface area contributed by atoms with E-state index < -0.39 is 0 Å². The van der Waals surface area contributed by atoms with Gasteiger partial charge in [-0.3, -0.25) is 4.98 Å². The van der Waals surface area contributed by atoms with Gasteiger partial charge in [0.1, 0.15) is 11.4 Å². The standard InChI is InChI=1S/C20H17N3O/c1-24-16-8-6-7-15(13-16)14-23-19-11-3-2-9-17(19)22-20(23)18-10-4-5-12-21-18/h2-13H,14H2,1H3. The highest BCUT2D eigenvalue weighted by molar-refractivity contribution is 5.80. The molecule has 4 heteroatoms. The highest BCUT2D eigenvalue weighted by Gasteiger charge is 2.13. The van der Waals surface area contributed by atoms with Crippen molar-refractivity contribution >= 4 is 11.0 Å². The van der Waals surface area contributed by atoms with E-state index >= 15 is 0 Å². The molecule has 0 unspecified atom stereocenters. The van der Waals surface area contributed by atoms with Gasteiger partial charge in [-0.2, -0.15) is 0 Å². The van der Waals surface area contributed by atoms with Crippen molar-refractivity contribution in [3.8, 4) is 17.3 Å². The van der Waals surface area contributed by atoms with E-state index in [0.717, 1.165) is 33.9 Å². The van der Waals surface area contributed by atoms with Crippen molar-refractivity contribution in [2.75, 3.05) is 7.11 Å². The van der Waals surface area contributed by atoms with Gasteiger partial charge in [-0.15, -0.1) is 0 Å². The SMILES string of the molecule is COc1cccc(Cn2c(-c3ccccn3)nc3ccccc32)c1. The molecule has 0 bridgehead atoms. The molecule has 0 spiro atoms. The number of hydrogen-bond acceptors (Lipinski definition) is 3. The van der Waals surface area contributed by atoms with Crippen molar-refractivity contribution < 1.29 is 4.74 Å². The van der Waals surface area contributed by atoms with Crippen LogP contribution >= 0.6 is 0 Å². The van der Waals surface area contributed by atoms with Crippen molar-refractivity contribution in [3.05, 3.63) is 78.5 Å². The first-order valence-corrected chi connectivity index (χ1v) is 7.85. The molecule has 118 valence electrons. The number of aromatic nitrogens is 3. The average molecular weight is 315 g/mol. The summed E-state index contributed by atoms with van der Waals surface area (Å²) < 4.78 is 7.54. The van der Waals surface area contributed by atoms with Crippen molar-refractivity contribution in [2.45, 2.75) is 6.54 Å². The first kappa shape index (κ1) is 14.5. The maximum Gasteiger partial charge on any atom is 0.160 e. The number of hydrogen-bond donors (Lipinski definition) is 0. The van der Waals surface area contributed by atoms with Crippen LogP contribution in [0.1, 0.15) is 5.56 Å². The van der Waals surface area contributed by atoms with Crippen LogP contribution in [-0.2, 0) is 6.54 Å². The highest BCUT2D eigenvalue weighted by Crippen LogP contribution is 2.25. The van der Waals surface area contributed by atoms with Crippen LogP contribution in [0, 0.1) is 0 Å². The molecule has 4 aromatic rings. The first-order valence-electron chi connectivity index (χ1n) is 7.85. The molecule has 4 nitrogen and oxygen atoms in total. The maximum absolute atomic E-state index is 5.34. The molecule has 0 fully saturated rings. The minimum atomic E-state index is 0.712. The van der Waals surface area contributed by atoms with Crippen molar-refractivity contribution in [1.82, 2.24) is 14.5 Å². The normalized spacial score (nSPS) is 10.9. The van der Waals surface area contributed by atoms with Gasteiger partial charge in [0.2, 0.25) is 0 Å². The largest absolute Gasteiger partial charge is 0.497 e. The summed E-state index contributed by atoms with van der Waals surface area (Å²) in [4.78, 5) is 9.26. The first-order chi connectivity index (χ1) is 11.8. The van der Waals surface area contributed by atoms with Crippen LogP contribution in [0.4, 0.5) is 0 Å². The molecule has 24 heavy (non-hydrogen) atoms. The molecule has 0 aliphatic rings. The Kier molecular flexibility index (Phi) is 3.71. The van der Waals surface area contributed by atoms with Gasteiger partial charge in [-0.05, 0) is 42.0 Å². The summed E-state index contributed by atoms with van der Waals surface area (Å²) in [5, 5.41) is 0. The molecule has 0 saturated heterocycles. The Morgan fingerprint density at radius 2 is 1.83 bits per heavy atom. The molecular weight excluding hydrogens is 298 g/mol. The van der Waals surface area contributed by atoms with Gasteiger partial charge in [0.15, 0.2) is 5.82 Å². The number of fused-ring (bicyclic) bond motifs is 1. The minimum Gasteiger partial charge on any atom is -0.497 e. The van der Waals surface area contributed by atoms with Crippen LogP contribution in [0.3, 0.4) is 0 Å². The Labute approximate surface area is 140 Å². The molecule has 0 amide bonds. The Balaban J connectivity index is 1.86. The molecule has 4 rings (SSSR count). The zero-order chi connectivity index (χ0) is 16.4. The van der Waals surface area contributed by atoms with Gasteiger partial charge in [-0.25, -0.2) is 4.98 Å². The number of para-hydroxylation sites is 2. The summed E-state index contributed by atoms with van der Waals surface area (Å²) in [6.07, 6.45) is 1.80. The molecule has 0 N–H and O–H groups in total. The fraction of sp³-hybridized carbons (Fsp3) is 0.100. The highest BCUT2D eigenvalue weighted by atomic mass is 16.5. The van der Waals surface area contributed by atoms with E-state index in [1.807, 2.05) is 48.5 Å². The lowest BCUT2D eigenvalue weighted by atomic mass is 10.2. The zero-order valence-corrected chi connectivity index (χ0v) is 13.4. The second-order valence-corrected chi connectivity index (χ2v) is 5.58. The topological polar surface area (TPSA) is 39.9 Å². The van der Waals surface area contributed by atoms with Gasteiger partial charge in [0.25, 0.3) is 0 Å². The fourth-order valence-corrected chi connectivity index (χ4v) is 2.88. The van der Waals surface area contributed by atoms with Crippen LogP contribution in [0.5, 0.6) is 5.75 Å². The number of methoxy groups -OCH3 is 1. The summed E-state index contributed by atoms with van der Waals surface area (Å²) in [6, 6.07) is 22.2. The van der Waals surface area contributed by atoms with E-state index in [1.54, 1.807) is 13.3 Å². The molecule has 2 aromatic carbocycles. The van der Waals surface area contributed by atoms with Crippen LogP contribution in [0.15, 0.2) is 72.9 Å². The van der Waals surface area contributed by atoms with Gasteiger partial charge < -0.3 is 9.30 Å². The third-order valence-electron chi connectivity index (χ3n) is 4.02. The Bertz CT molecular complexity index is 977. The summed E-state index contributed by atoms with van der Waals surface area (Å²) in [7, 11) is 1.69. The van der Waals surface area contributed by atoms with E-state index in [9.17, 15) is 0 Å². The molecule has 0 aliphatic heterocycles.